The number of nitrogens with one attached hydrogen (secondary N) is 2. The summed E-state index contributed by atoms with van der Waals surface area (Å²) >= 11 is 0. The Morgan fingerprint density at radius 1 is 1.12 bits per heavy atom. The van der Waals surface area contributed by atoms with Crippen LogP contribution in [0.4, 0.5) is 15.8 Å². The first kappa shape index (κ1) is 25.7. The Bertz CT molecular complexity index is 1730. The molecule has 0 amide bonds. The number of aryl methyl sites for hydroxylation is 1. The molecule has 9 nitrogen and oxygen atoms in total. The summed E-state index contributed by atoms with van der Waals surface area (Å²) in [5.41, 5.74) is 4.50. The summed E-state index contributed by atoms with van der Waals surface area (Å²) in [4.78, 5) is 8.51. The van der Waals surface area contributed by atoms with E-state index in [9.17, 15) is 14.9 Å². The molecule has 3 heterocycles. The lowest BCUT2D eigenvalue weighted by Crippen LogP contribution is -2.31. The van der Waals surface area contributed by atoms with Crippen molar-refractivity contribution in [1.82, 2.24) is 25.0 Å². The molecule has 0 radical (unpaired) electrons. The maximum Gasteiger partial charge on any atom is 0.213 e. The lowest BCUT2D eigenvalue weighted by Gasteiger charge is -2.30. The Labute approximate surface area is 232 Å². The monoisotopic (exact) mass is 535 g/mol. The van der Waals surface area contributed by atoms with E-state index in [0.29, 0.717) is 50.7 Å². The van der Waals surface area contributed by atoms with Crippen LogP contribution in [0, 0.1) is 46.9 Å². The summed E-state index contributed by atoms with van der Waals surface area (Å²) in [6.45, 7) is 10.2. The van der Waals surface area contributed by atoms with Gasteiger partial charge in [-0.05, 0) is 56.2 Å². The van der Waals surface area contributed by atoms with Crippen molar-refractivity contribution in [2.45, 2.75) is 65.1 Å². The SMILES string of the molecule is Cc1nc(F)ccc1C(Nc1cc(C#N)c2ncc(C#N)c(NC(C)C(C)(C)C)c2c1)c1cn(C23CC2C3)nn1. The highest BCUT2D eigenvalue weighted by molar-refractivity contribution is 5.99. The van der Waals surface area contributed by atoms with E-state index in [1.54, 1.807) is 19.1 Å². The second-order valence-electron chi connectivity index (χ2n) is 12.1. The van der Waals surface area contributed by atoms with E-state index in [1.165, 1.54) is 12.3 Å². The number of fused-ring (bicyclic) bond motifs is 2. The van der Waals surface area contributed by atoms with Crippen LogP contribution in [0.2, 0.25) is 0 Å². The van der Waals surface area contributed by atoms with Gasteiger partial charge in [-0.2, -0.15) is 14.9 Å². The third-order valence-electron chi connectivity index (χ3n) is 8.49. The Morgan fingerprint density at radius 3 is 2.48 bits per heavy atom. The number of hydrogen-bond acceptors (Lipinski definition) is 8. The van der Waals surface area contributed by atoms with Gasteiger partial charge in [0.2, 0.25) is 5.95 Å². The predicted molar refractivity (Wildman–Crippen MR) is 149 cm³/mol. The fraction of sp³-hybridized carbons (Fsp3) is 0.400. The topological polar surface area (TPSA) is 128 Å². The molecule has 40 heavy (non-hydrogen) atoms. The van der Waals surface area contributed by atoms with E-state index in [-0.39, 0.29) is 17.0 Å². The van der Waals surface area contributed by atoms with Crippen LogP contribution in [0.5, 0.6) is 0 Å². The fourth-order valence-electron chi connectivity index (χ4n) is 5.15. The molecule has 2 aliphatic rings. The van der Waals surface area contributed by atoms with E-state index >= 15 is 0 Å². The van der Waals surface area contributed by atoms with Gasteiger partial charge >= 0.3 is 0 Å². The number of aromatic nitrogens is 5. The molecule has 2 fully saturated rings. The van der Waals surface area contributed by atoms with Crippen molar-refractivity contribution < 1.29 is 4.39 Å². The highest BCUT2D eigenvalue weighted by atomic mass is 19.1. The summed E-state index contributed by atoms with van der Waals surface area (Å²) in [7, 11) is 0. The van der Waals surface area contributed by atoms with E-state index in [4.69, 9.17) is 0 Å². The van der Waals surface area contributed by atoms with Crippen molar-refractivity contribution in [3.8, 4) is 12.1 Å². The Balaban J connectivity index is 1.47. The van der Waals surface area contributed by atoms with Crippen molar-refractivity contribution >= 4 is 22.3 Å². The lowest BCUT2D eigenvalue weighted by molar-refractivity contribution is 0.359. The van der Waals surface area contributed by atoms with Gasteiger partial charge in [0.25, 0.3) is 0 Å². The minimum atomic E-state index is -0.558. The molecular weight excluding hydrogens is 505 g/mol. The lowest BCUT2D eigenvalue weighted by atomic mass is 9.87. The summed E-state index contributed by atoms with van der Waals surface area (Å²) in [6, 6.07) is 10.7. The van der Waals surface area contributed by atoms with Crippen LogP contribution >= 0.6 is 0 Å². The number of nitrogens with zero attached hydrogens (tertiary/aromatic N) is 7. The second-order valence-corrected chi connectivity index (χ2v) is 12.1. The quantitative estimate of drug-likeness (QED) is 0.294. The molecule has 4 aromatic rings. The first-order chi connectivity index (χ1) is 19.0. The molecule has 0 aliphatic heterocycles. The molecule has 2 atom stereocenters. The van der Waals surface area contributed by atoms with Gasteiger partial charge < -0.3 is 10.6 Å². The normalized spacial score (nSPS) is 20.6. The molecular formula is C30H30FN9. The summed E-state index contributed by atoms with van der Waals surface area (Å²) in [6.07, 6.45) is 5.70. The maximum absolute atomic E-state index is 14.0. The highest BCUT2D eigenvalue weighted by Crippen LogP contribution is 2.72. The summed E-state index contributed by atoms with van der Waals surface area (Å²) < 4.78 is 15.9. The first-order valence-corrected chi connectivity index (χ1v) is 13.4. The van der Waals surface area contributed by atoms with Gasteiger partial charge in [-0.25, -0.2) is 9.67 Å². The van der Waals surface area contributed by atoms with Crippen molar-refractivity contribution in [2.75, 3.05) is 10.6 Å². The average Bonchev–Trinajstić information content (AvgIpc) is 3.73. The number of hydrogen-bond donors (Lipinski definition) is 2. The van der Waals surface area contributed by atoms with Crippen molar-refractivity contribution in [3.05, 3.63) is 70.7 Å². The van der Waals surface area contributed by atoms with Crippen LogP contribution < -0.4 is 10.6 Å². The molecule has 202 valence electrons. The molecule has 0 saturated heterocycles. The third kappa shape index (κ3) is 4.30. The first-order valence-electron chi connectivity index (χ1n) is 13.4. The van der Waals surface area contributed by atoms with Crippen molar-refractivity contribution in [1.29, 1.82) is 10.5 Å². The van der Waals surface area contributed by atoms with Crippen LogP contribution in [0.3, 0.4) is 0 Å². The van der Waals surface area contributed by atoms with E-state index in [0.717, 1.165) is 18.4 Å². The van der Waals surface area contributed by atoms with Gasteiger partial charge in [0.1, 0.15) is 17.8 Å². The minimum Gasteiger partial charge on any atom is -0.380 e. The van der Waals surface area contributed by atoms with Gasteiger partial charge in [0.15, 0.2) is 0 Å². The van der Waals surface area contributed by atoms with Crippen LogP contribution in [0.25, 0.3) is 10.9 Å². The molecule has 10 heteroatoms. The van der Waals surface area contributed by atoms with Crippen LogP contribution in [0.1, 0.15) is 74.7 Å². The van der Waals surface area contributed by atoms with Gasteiger partial charge in [0, 0.05) is 34.6 Å². The zero-order valence-corrected chi connectivity index (χ0v) is 23.1. The van der Waals surface area contributed by atoms with Gasteiger partial charge in [0.05, 0.1) is 40.1 Å². The van der Waals surface area contributed by atoms with Crippen LogP contribution in [-0.2, 0) is 5.54 Å². The minimum absolute atomic E-state index is 0.0242. The van der Waals surface area contributed by atoms with Gasteiger partial charge in [-0.15, -0.1) is 5.10 Å². The van der Waals surface area contributed by atoms with Gasteiger partial charge in [-0.3, -0.25) is 4.98 Å². The van der Waals surface area contributed by atoms with Crippen molar-refractivity contribution in [2.24, 2.45) is 11.3 Å². The van der Waals surface area contributed by atoms with E-state index in [1.807, 2.05) is 16.9 Å². The average molecular weight is 536 g/mol. The Hall–Kier alpha value is -4.57. The summed E-state index contributed by atoms with van der Waals surface area (Å²) in [5, 5.41) is 36.6. The number of pyridine rings is 2. The third-order valence-corrected chi connectivity index (χ3v) is 8.49. The molecule has 0 spiro atoms. The van der Waals surface area contributed by atoms with Crippen LogP contribution in [0.15, 0.2) is 36.7 Å². The zero-order valence-electron chi connectivity index (χ0n) is 23.1. The molecule has 2 unspecified atom stereocenters. The molecule has 6 rings (SSSR count). The number of benzene rings is 1. The second kappa shape index (κ2) is 8.99. The number of nitriles is 2. The molecule has 3 aromatic heterocycles. The van der Waals surface area contributed by atoms with E-state index in [2.05, 4.69) is 70.7 Å². The largest absolute Gasteiger partial charge is 0.380 e. The maximum atomic E-state index is 14.0. The molecule has 2 N–H and O–H groups in total. The fourth-order valence-corrected chi connectivity index (χ4v) is 5.15. The highest BCUT2D eigenvalue weighted by Gasteiger charge is 2.72. The number of anilines is 2. The molecule has 1 aromatic carbocycles. The molecule has 0 bridgehead atoms. The summed E-state index contributed by atoms with van der Waals surface area (Å²) in [5.74, 6) is 0.127. The van der Waals surface area contributed by atoms with Crippen LogP contribution in [-0.4, -0.2) is 31.0 Å². The number of halogens is 1. The molecule has 2 saturated carbocycles. The predicted octanol–water partition coefficient (Wildman–Crippen LogP) is 5.58. The van der Waals surface area contributed by atoms with E-state index < -0.39 is 12.0 Å². The standard InChI is InChI=1S/C30H30FN9/c1-16-22(6-7-25(31)35-16)28(24-15-40(39-38-24)30-10-20(30)11-30)37-21-8-18(12-32)26-23(9-21)27(19(13-33)14-34-26)36-17(2)29(3,4)5/h6-9,14-15,17,20,28,37H,10-11H2,1-5H3,(H,34,36). The Morgan fingerprint density at radius 2 is 1.85 bits per heavy atom. The molecule has 2 aliphatic carbocycles. The zero-order chi connectivity index (χ0) is 28.4. The van der Waals surface area contributed by atoms with Crippen molar-refractivity contribution in [3.63, 3.8) is 0 Å². The Kier molecular flexibility index (Phi) is 5.77. The number of rotatable bonds is 7. The smallest absolute Gasteiger partial charge is 0.213 e. The van der Waals surface area contributed by atoms with Gasteiger partial charge in [-0.1, -0.05) is 32.1 Å².